The Morgan fingerprint density at radius 2 is 1.74 bits per heavy atom. The van der Waals surface area contributed by atoms with Crippen LogP contribution in [0.15, 0.2) is 24.3 Å². The average Bonchev–Trinajstić information content (AvgIpc) is 2.53. The number of nitrogens with one attached hydrogen (secondary N) is 1. The van der Waals surface area contributed by atoms with Crippen LogP contribution in [0.25, 0.3) is 0 Å². The molecular formula is C17H22N2O4. The molecule has 1 saturated carbocycles. The van der Waals surface area contributed by atoms with Crippen LogP contribution in [0.2, 0.25) is 0 Å². The maximum atomic E-state index is 12.3. The van der Waals surface area contributed by atoms with Crippen molar-refractivity contribution in [2.75, 3.05) is 0 Å². The zero-order chi connectivity index (χ0) is 16.8. The fraction of sp³-hybridized carbons (Fsp3) is 0.471. The van der Waals surface area contributed by atoms with Gasteiger partial charge in [0.05, 0.1) is 0 Å². The molecule has 1 aromatic carbocycles. The van der Waals surface area contributed by atoms with Crippen LogP contribution in [0.1, 0.15) is 49.4 Å². The van der Waals surface area contributed by atoms with Gasteiger partial charge >= 0.3 is 5.97 Å². The van der Waals surface area contributed by atoms with E-state index >= 15 is 0 Å². The van der Waals surface area contributed by atoms with Crippen LogP contribution in [0, 0.1) is 5.92 Å². The van der Waals surface area contributed by atoms with E-state index in [-0.39, 0.29) is 11.8 Å². The lowest BCUT2D eigenvalue weighted by molar-refractivity contribution is -0.131. The molecule has 6 nitrogen and oxygen atoms in total. The van der Waals surface area contributed by atoms with Gasteiger partial charge in [-0.3, -0.25) is 14.4 Å². The van der Waals surface area contributed by atoms with Crippen LogP contribution in [0.3, 0.4) is 0 Å². The minimum absolute atomic E-state index is 0.102. The number of carbonyl (C=O) groups is 3. The first-order valence-electron chi connectivity index (χ1n) is 7.86. The van der Waals surface area contributed by atoms with Crippen LogP contribution in [0.5, 0.6) is 5.75 Å². The van der Waals surface area contributed by atoms with Crippen molar-refractivity contribution in [2.45, 2.75) is 45.1 Å². The van der Waals surface area contributed by atoms with E-state index in [4.69, 9.17) is 10.5 Å². The fourth-order valence-electron chi connectivity index (χ4n) is 2.95. The summed E-state index contributed by atoms with van der Waals surface area (Å²) >= 11 is 0. The zero-order valence-corrected chi connectivity index (χ0v) is 13.2. The maximum Gasteiger partial charge on any atom is 0.308 e. The Balaban J connectivity index is 2.03. The molecule has 124 valence electrons. The summed E-state index contributed by atoms with van der Waals surface area (Å²) in [7, 11) is 0. The molecule has 1 aromatic rings. The van der Waals surface area contributed by atoms with Gasteiger partial charge in [-0.05, 0) is 43.0 Å². The Bertz CT molecular complexity index is 577. The molecule has 2 amide bonds. The van der Waals surface area contributed by atoms with E-state index < -0.39 is 17.9 Å². The van der Waals surface area contributed by atoms with E-state index in [0.717, 1.165) is 32.1 Å². The van der Waals surface area contributed by atoms with Crippen LogP contribution >= 0.6 is 0 Å². The van der Waals surface area contributed by atoms with E-state index in [2.05, 4.69) is 5.32 Å². The average molecular weight is 318 g/mol. The Morgan fingerprint density at radius 3 is 2.26 bits per heavy atom. The number of primary amides is 1. The number of carbonyl (C=O) groups excluding carboxylic acids is 3. The molecule has 0 spiro atoms. The standard InChI is InChI=1S/C17H22N2O4/c1-11(20)23-14-9-7-13(8-10-14)17(22)19-15(16(18)21)12-5-3-2-4-6-12/h7-10,12,15H,2-6H2,1H3,(H2,18,21)(H,19,22)/t15-/m0/s1. The van der Waals surface area contributed by atoms with Gasteiger partial charge < -0.3 is 15.8 Å². The van der Waals surface area contributed by atoms with Crippen molar-refractivity contribution >= 4 is 17.8 Å². The SMILES string of the molecule is CC(=O)Oc1ccc(C(=O)N[C@H](C(N)=O)C2CCCCC2)cc1. The van der Waals surface area contributed by atoms with Crippen molar-refractivity contribution in [3.8, 4) is 5.75 Å². The topological polar surface area (TPSA) is 98.5 Å². The first-order chi connectivity index (χ1) is 11.0. The summed E-state index contributed by atoms with van der Waals surface area (Å²) in [4.78, 5) is 34.9. The molecule has 6 heteroatoms. The van der Waals surface area contributed by atoms with Gasteiger partial charge in [-0.1, -0.05) is 19.3 Å². The predicted octanol–water partition coefficient (Wildman–Crippen LogP) is 1.78. The van der Waals surface area contributed by atoms with E-state index in [9.17, 15) is 14.4 Å². The number of nitrogens with two attached hydrogens (primary N) is 1. The highest BCUT2D eigenvalue weighted by atomic mass is 16.5. The highest BCUT2D eigenvalue weighted by molar-refractivity contribution is 5.97. The minimum atomic E-state index is -0.643. The number of ether oxygens (including phenoxy) is 1. The first kappa shape index (κ1) is 17.0. The summed E-state index contributed by atoms with van der Waals surface area (Å²) in [5.41, 5.74) is 5.85. The number of amides is 2. The van der Waals surface area contributed by atoms with Gasteiger partial charge in [-0.2, -0.15) is 0 Å². The maximum absolute atomic E-state index is 12.3. The van der Waals surface area contributed by atoms with Crippen molar-refractivity contribution in [3.05, 3.63) is 29.8 Å². The van der Waals surface area contributed by atoms with E-state index in [1.807, 2.05) is 0 Å². The van der Waals surface area contributed by atoms with E-state index in [1.54, 1.807) is 12.1 Å². The van der Waals surface area contributed by atoms with Crippen molar-refractivity contribution in [3.63, 3.8) is 0 Å². The molecule has 3 N–H and O–H groups in total. The second-order valence-electron chi connectivity index (χ2n) is 5.87. The number of esters is 1. The van der Waals surface area contributed by atoms with Crippen molar-refractivity contribution in [1.29, 1.82) is 0 Å². The second kappa shape index (κ2) is 7.76. The van der Waals surface area contributed by atoms with Gasteiger partial charge in [0.2, 0.25) is 5.91 Å². The molecule has 23 heavy (non-hydrogen) atoms. The predicted molar refractivity (Wildman–Crippen MR) is 84.8 cm³/mol. The van der Waals surface area contributed by atoms with Crippen LogP contribution in [-0.4, -0.2) is 23.8 Å². The molecule has 0 saturated heterocycles. The molecule has 0 radical (unpaired) electrons. The number of benzene rings is 1. The lowest BCUT2D eigenvalue weighted by Crippen LogP contribution is -2.49. The lowest BCUT2D eigenvalue weighted by Gasteiger charge is -2.28. The summed E-state index contributed by atoms with van der Waals surface area (Å²) in [5.74, 6) is -0.804. The molecule has 1 fully saturated rings. The molecule has 1 atom stereocenters. The molecule has 1 aliphatic carbocycles. The number of hydrogen-bond acceptors (Lipinski definition) is 4. The van der Waals surface area contributed by atoms with E-state index in [0.29, 0.717) is 11.3 Å². The zero-order valence-electron chi connectivity index (χ0n) is 13.2. The highest BCUT2D eigenvalue weighted by Gasteiger charge is 2.29. The smallest absolute Gasteiger partial charge is 0.308 e. The summed E-state index contributed by atoms with van der Waals surface area (Å²) in [6.45, 7) is 1.31. The lowest BCUT2D eigenvalue weighted by atomic mass is 9.83. The molecule has 0 aliphatic heterocycles. The van der Waals surface area contributed by atoms with E-state index in [1.165, 1.54) is 19.1 Å². The summed E-state index contributed by atoms with van der Waals surface area (Å²) < 4.78 is 4.92. The van der Waals surface area contributed by atoms with Gasteiger partial charge in [0.15, 0.2) is 0 Å². The van der Waals surface area contributed by atoms with Crippen LogP contribution in [0.4, 0.5) is 0 Å². The molecule has 0 bridgehead atoms. The molecular weight excluding hydrogens is 296 g/mol. The largest absolute Gasteiger partial charge is 0.427 e. The van der Waals surface area contributed by atoms with Gasteiger partial charge in [0.1, 0.15) is 11.8 Å². The number of hydrogen-bond donors (Lipinski definition) is 2. The monoisotopic (exact) mass is 318 g/mol. The third kappa shape index (κ3) is 4.81. The normalized spacial score (nSPS) is 16.4. The highest BCUT2D eigenvalue weighted by Crippen LogP contribution is 2.26. The number of rotatable bonds is 5. The van der Waals surface area contributed by atoms with Crippen LogP contribution < -0.4 is 15.8 Å². The quantitative estimate of drug-likeness (QED) is 0.638. The Labute approximate surface area is 135 Å². The van der Waals surface area contributed by atoms with Crippen molar-refractivity contribution < 1.29 is 19.1 Å². The molecule has 0 aromatic heterocycles. The first-order valence-corrected chi connectivity index (χ1v) is 7.86. The van der Waals surface area contributed by atoms with Gasteiger partial charge in [-0.15, -0.1) is 0 Å². The molecule has 0 heterocycles. The Morgan fingerprint density at radius 1 is 1.13 bits per heavy atom. The molecule has 2 rings (SSSR count). The third-order valence-corrected chi connectivity index (χ3v) is 4.09. The third-order valence-electron chi connectivity index (χ3n) is 4.09. The fourth-order valence-corrected chi connectivity index (χ4v) is 2.95. The van der Waals surface area contributed by atoms with Crippen LogP contribution in [-0.2, 0) is 9.59 Å². The van der Waals surface area contributed by atoms with Crippen molar-refractivity contribution in [1.82, 2.24) is 5.32 Å². The van der Waals surface area contributed by atoms with Crippen molar-refractivity contribution in [2.24, 2.45) is 11.7 Å². The summed E-state index contributed by atoms with van der Waals surface area (Å²) in [6.07, 6.45) is 5.08. The van der Waals surface area contributed by atoms with Gasteiger partial charge in [0.25, 0.3) is 5.91 Å². The van der Waals surface area contributed by atoms with Gasteiger partial charge in [-0.25, -0.2) is 0 Å². The minimum Gasteiger partial charge on any atom is -0.427 e. The molecule has 1 aliphatic rings. The summed E-state index contributed by atoms with van der Waals surface area (Å²) in [6, 6.07) is 5.53. The summed E-state index contributed by atoms with van der Waals surface area (Å²) in [5, 5.41) is 2.74. The Kier molecular flexibility index (Phi) is 5.73. The Hall–Kier alpha value is -2.37. The molecule has 0 unspecified atom stereocenters. The van der Waals surface area contributed by atoms with Gasteiger partial charge in [0, 0.05) is 12.5 Å². The second-order valence-corrected chi connectivity index (χ2v) is 5.87.